The largest absolute Gasteiger partial charge is 0.481 e. The highest BCUT2D eigenvalue weighted by atomic mass is 35.5. The summed E-state index contributed by atoms with van der Waals surface area (Å²) in [4.78, 5) is 22.6. The zero-order chi connectivity index (χ0) is 15.8. The lowest BCUT2D eigenvalue weighted by atomic mass is 10.0. The minimum atomic E-state index is -0.898. The number of benzene rings is 1. The predicted molar refractivity (Wildman–Crippen MR) is 84.5 cm³/mol. The summed E-state index contributed by atoms with van der Waals surface area (Å²) in [7, 11) is 0. The van der Waals surface area contributed by atoms with E-state index in [1.807, 2.05) is 6.92 Å². The van der Waals surface area contributed by atoms with E-state index in [4.69, 9.17) is 28.3 Å². The number of hydrogen-bond donors (Lipinski definition) is 2. The van der Waals surface area contributed by atoms with Crippen LogP contribution in [0.25, 0.3) is 6.08 Å². The lowest BCUT2D eigenvalue weighted by Crippen LogP contribution is -2.31. The van der Waals surface area contributed by atoms with E-state index in [1.165, 1.54) is 6.08 Å². The number of carbonyl (C=O) groups is 2. The van der Waals surface area contributed by atoms with Gasteiger partial charge in [-0.05, 0) is 30.2 Å². The van der Waals surface area contributed by atoms with Crippen LogP contribution in [0.1, 0.15) is 25.3 Å². The van der Waals surface area contributed by atoms with Gasteiger partial charge in [0, 0.05) is 12.6 Å². The molecular formula is C15H17Cl2NO3. The first-order valence-electron chi connectivity index (χ1n) is 6.57. The summed E-state index contributed by atoms with van der Waals surface area (Å²) < 4.78 is 0. The first-order valence-corrected chi connectivity index (χ1v) is 7.33. The van der Waals surface area contributed by atoms with E-state index in [0.29, 0.717) is 16.5 Å². The summed E-state index contributed by atoms with van der Waals surface area (Å²) in [6, 6.07) is 5.02. The summed E-state index contributed by atoms with van der Waals surface area (Å²) in [5, 5.41) is 12.4. The van der Waals surface area contributed by atoms with E-state index in [0.717, 1.165) is 12.0 Å². The number of carboxylic acid groups (broad SMARTS) is 1. The first-order chi connectivity index (χ1) is 9.93. The van der Waals surface area contributed by atoms with Crippen molar-refractivity contribution in [3.8, 4) is 0 Å². The Morgan fingerprint density at radius 2 is 2.05 bits per heavy atom. The summed E-state index contributed by atoms with van der Waals surface area (Å²) in [5.41, 5.74) is 0.739. The number of carboxylic acids is 1. The molecule has 1 atom stereocenters. The van der Waals surface area contributed by atoms with Gasteiger partial charge >= 0.3 is 5.97 Å². The number of rotatable bonds is 7. The van der Waals surface area contributed by atoms with Gasteiger partial charge in [-0.2, -0.15) is 0 Å². The molecule has 0 saturated carbocycles. The first kappa shape index (κ1) is 17.5. The van der Waals surface area contributed by atoms with Crippen LogP contribution in [-0.2, 0) is 9.59 Å². The third-order valence-corrected chi connectivity index (χ3v) is 3.62. The molecule has 0 saturated heterocycles. The van der Waals surface area contributed by atoms with Crippen molar-refractivity contribution in [1.82, 2.24) is 5.32 Å². The molecule has 2 N–H and O–H groups in total. The Morgan fingerprint density at radius 1 is 1.33 bits per heavy atom. The Labute approximate surface area is 133 Å². The molecule has 0 aliphatic rings. The molecule has 0 fully saturated rings. The SMILES string of the molecule is CCCC(CNC(=O)C=Cc1ccc(Cl)c(Cl)c1)C(=O)O. The zero-order valence-electron chi connectivity index (χ0n) is 11.6. The van der Waals surface area contributed by atoms with Gasteiger partial charge in [0.15, 0.2) is 0 Å². The molecule has 0 radical (unpaired) electrons. The topological polar surface area (TPSA) is 66.4 Å². The molecule has 0 bridgehead atoms. The second-order valence-corrected chi connectivity index (χ2v) is 5.39. The quantitative estimate of drug-likeness (QED) is 0.751. The van der Waals surface area contributed by atoms with E-state index < -0.39 is 11.9 Å². The summed E-state index contributed by atoms with van der Waals surface area (Å²) >= 11 is 11.7. The molecule has 0 heterocycles. The fourth-order valence-electron chi connectivity index (χ4n) is 1.73. The second kappa shape index (κ2) is 8.70. The highest BCUT2D eigenvalue weighted by molar-refractivity contribution is 6.42. The smallest absolute Gasteiger partial charge is 0.308 e. The highest BCUT2D eigenvalue weighted by Gasteiger charge is 2.16. The third-order valence-electron chi connectivity index (χ3n) is 2.88. The molecule has 0 aliphatic heterocycles. The van der Waals surface area contributed by atoms with E-state index in [2.05, 4.69) is 5.32 Å². The van der Waals surface area contributed by atoms with Crippen LogP contribution in [0.15, 0.2) is 24.3 Å². The Kier molecular flexibility index (Phi) is 7.26. The number of carbonyl (C=O) groups excluding carboxylic acids is 1. The van der Waals surface area contributed by atoms with Crippen molar-refractivity contribution >= 4 is 41.2 Å². The van der Waals surface area contributed by atoms with Crippen molar-refractivity contribution in [2.24, 2.45) is 5.92 Å². The van der Waals surface area contributed by atoms with E-state index in [9.17, 15) is 9.59 Å². The Balaban J connectivity index is 2.54. The molecule has 0 spiro atoms. The average Bonchev–Trinajstić information content (AvgIpc) is 2.44. The normalized spacial score (nSPS) is 12.3. The third kappa shape index (κ3) is 6.19. The van der Waals surface area contributed by atoms with E-state index >= 15 is 0 Å². The molecular weight excluding hydrogens is 313 g/mol. The average molecular weight is 330 g/mol. The van der Waals surface area contributed by atoms with Crippen molar-refractivity contribution in [2.45, 2.75) is 19.8 Å². The van der Waals surface area contributed by atoms with Crippen LogP contribution >= 0.6 is 23.2 Å². The lowest BCUT2D eigenvalue weighted by molar-refractivity contribution is -0.141. The maximum Gasteiger partial charge on any atom is 0.308 e. The molecule has 0 aliphatic carbocycles. The maximum absolute atomic E-state index is 11.6. The van der Waals surface area contributed by atoms with Gasteiger partial charge in [-0.25, -0.2) is 0 Å². The molecule has 1 aromatic rings. The molecule has 1 aromatic carbocycles. The van der Waals surface area contributed by atoms with E-state index in [1.54, 1.807) is 24.3 Å². The highest BCUT2D eigenvalue weighted by Crippen LogP contribution is 2.23. The molecule has 21 heavy (non-hydrogen) atoms. The van der Waals surface area contributed by atoms with Crippen molar-refractivity contribution in [1.29, 1.82) is 0 Å². The summed E-state index contributed by atoms with van der Waals surface area (Å²) in [5.74, 6) is -1.80. The fraction of sp³-hybridized carbons (Fsp3) is 0.333. The van der Waals surface area contributed by atoms with E-state index in [-0.39, 0.29) is 12.5 Å². The van der Waals surface area contributed by atoms with Crippen LogP contribution in [0.3, 0.4) is 0 Å². The Bertz CT molecular complexity index is 544. The number of hydrogen-bond acceptors (Lipinski definition) is 2. The lowest BCUT2D eigenvalue weighted by Gasteiger charge is -2.10. The van der Waals surface area contributed by atoms with Crippen LogP contribution in [0.2, 0.25) is 10.0 Å². The monoisotopic (exact) mass is 329 g/mol. The minimum absolute atomic E-state index is 0.119. The van der Waals surface area contributed by atoms with Gasteiger partial charge in [0.1, 0.15) is 0 Å². The molecule has 1 amide bonds. The van der Waals surface area contributed by atoms with Crippen LogP contribution < -0.4 is 5.32 Å². The molecule has 114 valence electrons. The Morgan fingerprint density at radius 3 is 2.62 bits per heavy atom. The van der Waals surface area contributed by atoms with Gasteiger partial charge in [0.2, 0.25) is 5.91 Å². The van der Waals surface area contributed by atoms with Crippen LogP contribution in [0.5, 0.6) is 0 Å². The van der Waals surface area contributed by atoms with Crippen LogP contribution in [0.4, 0.5) is 0 Å². The number of aliphatic carboxylic acids is 1. The number of halogens is 2. The molecule has 4 nitrogen and oxygen atoms in total. The fourth-order valence-corrected chi connectivity index (χ4v) is 2.04. The van der Waals surface area contributed by atoms with Crippen LogP contribution in [-0.4, -0.2) is 23.5 Å². The van der Waals surface area contributed by atoms with Gasteiger partial charge in [0.25, 0.3) is 0 Å². The van der Waals surface area contributed by atoms with Crippen molar-refractivity contribution in [3.05, 3.63) is 39.9 Å². The van der Waals surface area contributed by atoms with Crippen molar-refractivity contribution < 1.29 is 14.7 Å². The van der Waals surface area contributed by atoms with Gasteiger partial charge in [-0.3, -0.25) is 9.59 Å². The number of amides is 1. The minimum Gasteiger partial charge on any atom is -0.481 e. The van der Waals surface area contributed by atoms with Gasteiger partial charge < -0.3 is 10.4 Å². The van der Waals surface area contributed by atoms with Gasteiger partial charge in [-0.15, -0.1) is 0 Å². The second-order valence-electron chi connectivity index (χ2n) is 4.58. The molecule has 6 heteroatoms. The summed E-state index contributed by atoms with van der Waals surface area (Å²) in [6.07, 6.45) is 4.22. The van der Waals surface area contributed by atoms with Crippen molar-refractivity contribution in [2.75, 3.05) is 6.54 Å². The standard InChI is InChI=1S/C15H17Cl2NO3/c1-2-3-11(15(20)21)9-18-14(19)7-5-10-4-6-12(16)13(17)8-10/h4-8,11H,2-3,9H2,1H3,(H,18,19)(H,20,21). The van der Waals surface area contributed by atoms with Gasteiger partial charge in [-0.1, -0.05) is 42.6 Å². The maximum atomic E-state index is 11.6. The van der Waals surface area contributed by atoms with Crippen LogP contribution in [0, 0.1) is 5.92 Å². The molecule has 1 rings (SSSR count). The summed E-state index contributed by atoms with van der Waals surface area (Å²) in [6.45, 7) is 2.02. The Hall–Kier alpha value is -1.52. The molecule has 1 unspecified atom stereocenters. The molecule has 0 aromatic heterocycles. The van der Waals surface area contributed by atoms with Crippen molar-refractivity contribution in [3.63, 3.8) is 0 Å². The number of nitrogens with one attached hydrogen (secondary N) is 1. The zero-order valence-corrected chi connectivity index (χ0v) is 13.1. The van der Waals surface area contributed by atoms with Gasteiger partial charge in [0.05, 0.1) is 16.0 Å². The predicted octanol–water partition coefficient (Wildman–Crippen LogP) is 3.62.